The van der Waals surface area contributed by atoms with Gasteiger partial charge in [0.25, 0.3) is 0 Å². The summed E-state index contributed by atoms with van der Waals surface area (Å²) in [5, 5.41) is 3.51. The van der Waals surface area contributed by atoms with Crippen LogP contribution in [0, 0.1) is 0 Å². The zero-order valence-corrected chi connectivity index (χ0v) is 10.7. The van der Waals surface area contributed by atoms with Crippen molar-refractivity contribution in [2.45, 2.75) is 44.9 Å². The SMILES string of the molecule is COCCOCCNC1CC(C)OC(C)C1. The first kappa shape index (κ1) is 13.9. The molecule has 0 aliphatic carbocycles. The average molecular weight is 231 g/mol. The highest BCUT2D eigenvalue weighted by molar-refractivity contribution is 4.78. The maximum absolute atomic E-state index is 5.69. The molecule has 0 spiro atoms. The molecule has 1 saturated heterocycles. The highest BCUT2D eigenvalue weighted by atomic mass is 16.5. The molecular weight excluding hydrogens is 206 g/mol. The standard InChI is InChI=1S/C12H25NO3/c1-10-8-12(9-11(2)16-10)13-4-5-15-7-6-14-3/h10-13H,4-9H2,1-3H3. The molecule has 1 fully saturated rings. The number of methoxy groups -OCH3 is 1. The van der Waals surface area contributed by atoms with Crippen molar-refractivity contribution in [1.82, 2.24) is 5.32 Å². The summed E-state index contributed by atoms with van der Waals surface area (Å²) < 4.78 is 16.0. The third-order valence-corrected chi connectivity index (χ3v) is 2.81. The third-order valence-electron chi connectivity index (χ3n) is 2.81. The van der Waals surface area contributed by atoms with Crippen molar-refractivity contribution in [3.63, 3.8) is 0 Å². The van der Waals surface area contributed by atoms with Crippen LogP contribution in [0.1, 0.15) is 26.7 Å². The van der Waals surface area contributed by atoms with E-state index in [0.717, 1.165) is 26.0 Å². The summed E-state index contributed by atoms with van der Waals surface area (Å²) in [6.07, 6.45) is 2.94. The van der Waals surface area contributed by atoms with Gasteiger partial charge in [-0.25, -0.2) is 0 Å². The van der Waals surface area contributed by atoms with Crippen LogP contribution in [-0.4, -0.2) is 51.7 Å². The van der Waals surface area contributed by atoms with Crippen molar-refractivity contribution in [2.24, 2.45) is 0 Å². The van der Waals surface area contributed by atoms with Crippen LogP contribution in [0.15, 0.2) is 0 Å². The average Bonchev–Trinajstić information content (AvgIpc) is 2.22. The second-order valence-corrected chi connectivity index (χ2v) is 4.48. The van der Waals surface area contributed by atoms with Crippen LogP contribution >= 0.6 is 0 Å². The van der Waals surface area contributed by atoms with E-state index in [9.17, 15) is 0 Å². The molecule has 1 aliphatic rings. The summed E-state index contributed by atoms with van der Waals surface area (Å²) in [5.74, 6) is 0. The zero-order chi connectivity index (χ0) is 11.8. The summed E-state index contributed by atoms with van der Waals surface area (Å²) >= 11 is 0. The minimum absolute atomic E-state index is 0.371. The minimum Gasteiger partial charge on any atom is -0.382 e. The molecule has 0 radical (unpaired) electrons. The van der Waals surface area contributed by atoms with E-state index in [0.29, 0.717) is 31.5 Å². The quantitative estimate of drug-likeness (QED) is 0.668. The summed E-state index contributed by atoms with van der Waals surface area (Å²) in [7, 11) is 1.69. The molecule has 16 heavy (non-hydrogen) atoms. The first-order valence-corrected chi connectivity index (χ1v) is 6.18. The molecule has 4 heteroatoms. The van der Waals surface area contributed by atoms with Gasteiger partial charge in [-0.3, -0.25) is 0 Å². The molecule has 0 bridgehead atoms. The van der Waals surface area contributed by atoms with Gasteiger partial charge >= 0.3 is 0 Å². The van der Waals surface area contributed by atoms with Crippen LogP contribution in [0.25, 0.3) is 0 Å². The Labute approximate surface area is 98.6 Å². The Morgan fingerprint density at radius 2 is 1.81 bits per heavy atom. The Morgan fingerprint density at radius 1 is 1.12 bits per heavy atom. The maximum atomic E-state index is 5.69. The maximum Gasteiger partial charge on any atom is 0.0700 e. The number of rotatable bonds is 7. The van der Waals surface area contributed by atoms with Gasteiger partial charge in [-0.15, -0.1) is 0 Å². The van der Waals surface area contributed by atoms with E-state index < -0.39 is 0 Å². The number of hydrogen-bond donors (Lipinski definition) is 1. The van der Waals surface area contributed by atoms with E-state index in [1.54, 1.807) is 7.11 Å². The van der Waals surface area contributed by atoms with Crippen molar-refractivity contribution < 1.29 is 14.2 Å². The molecule has 1 rings (SSSR count). The molecule has 96 valence electrons. The second kappa shape index (κ2) is 8.01. The molecular formula is C12H25NO3. The molecule has 1 heterocycles. The number of ether oxygens (including phenoxy) is 3. The first-order valence-electron chi connectivity index (χ1n) is 6.18. The lowest BCUT2D eigenvalue weighted by molar-refractivity contribution is -0.0429. The lowest BCUT2D eigenvalue weighted by Gasteiger charge is -2.32. The summed E-state index contributed by atoms with van der Waals surface area (Å²) in [5.41, 5.74) is 0. The Balaban J connectivity index is 1.99. The number of hydrogen-bond acceptors (Lipinski definition) is 4. The van der Waals surface area contributed by atoms with E-state index in [1.807, 2.05) is 0 Å². The van der Waals surface area contributed by atoms with Crippen LogP contribution in [0.2, 0.25) is 0 Å². The third kappa shape index (κ3) is 5.80. The molecule has 2 atom stereocenters. The molecule has 0 aromatic rings. The summed E-state index contributed by atoms with van der Waals surface area (Å²) in [6.45, 7) is 7.29. The zero-order valence-electron chi connectivity index (χ0n) is 10.7. The predicted molar refractivity (Wildman–Crippen MR) is 63.7 cm³/mol. The normalized spacial score (nSPS) is 30.6. The fourth-order valence-corrected chi connectivity index (χ4v) is 2.15. The lowest BCUT2D eigenvalue weighted by atomic mass is 10.00. The highest BCUT2D eigenvalue weighted by Crippen LogP contribution is 2.18. The van der Waals surface area contributed by atoms with Crippen molar-refractivity contribution in [2.75, 3.05) is 33.5 Å². The largest absolute Gasteiger partial charge is 0.382 e. The Morgan fingerprint density at radius 3 is 2.44 bits per heavy atom. The Hall–Kier alpha value is -0.160. The molecule has 1 aliphatic heterocycles. The monoisotopic (exact) mass is 231 g/mol. The smallest absolute Gasteiger partial charge is 0.0700 e. The predicted octanol–water partition coefficient (Wildman–Crippen LogP) is 1.19. The van der Waals surface area contributed by atoms with E-state index in [2.05, 4.69) is 19.2 Å². The first-order chi connectivity index (χ1) is 7.72. The Kier molecular flexibility index (Phi) is 6.96. The van der Waals surface area contributed by atoms with E-state index in [4.69, 9.17) is 14.2 Å². The van der Waals surface area contributed by atoms with Gasteiger partial charge in [0.1, 0.15) is 0 Å². The fraction of sp³-hybridized carbons (Fsp3) is 1.00. The molecule has 0 aromatic heterocycles. The van der Waals surface area contributed by atoms with Gasteiger partial charge in [0.05, 0.1) is 32.0 Å². The van der Waals surface area contributed by atoms with Gasteiger partial charge < -0.3 is 19.5 Å². The van der Waals surface area contributed by atoms with Gasteiger partial charge in [0.15, 0.2) is 0 Å². The van der Waals surface area contributed by atoms with Gasteiger partial charge in [-0.05, 0) is 26.7 Å². The van der Waals surface area contributed by atoms with Crippen LogP contribution in [0.3, 0.4) is 0 Å². The molecule has 4 nitrogen and oxygen atoms in total. The van der Waals surface area contributed by atoms with Crippen molar-refractivity contribution in [1.29, 1.82) is 0 Å². The van der Waals surface area contributed by atoms with Crippen molar-refractivity contribution in [3.05, 3.63) is 0 Å². The Bertz CT molecular complexity index is 168. The van der Waals surface area contributed by atoms with Gasteiger partial charge in [-0.2, -0.15) is 0 Å². The summed E-state index contributed by atoms with van der Waals surface area (Å²) in [4.78, 5) is 0. The molecule has 2 unspecified atom stereocenters. The van der Waals surface area contributed by atoms with E-state index in [1.165, 1.54) is 0 Å². The van der Waals surface area contributed by atoms with Crippen LogP contribution in [0.4, 0.5) is 0 Å². The fourth-order valence-electron chi connectivity index (χ4n) is 2.15. The van der Waals surface area contributed by atoms with E-state index in [-0.39, 0.29) is 0 Å². The van der Waals surface area contributed by atoms with Crippen molar-refractivity contribution in [3.8, 4) is 0 Å². The topological polar surface area (TPSA) is 39.7 Å². The minimum atomic E-state index is 0.371. The second-order valence-electron chi connectivity index (χ2n) is 4.48. The van der Waals surface area contributed by atoms with Crippen LogP contribution in [0.5, 0.6) is 0 Å². The van der Waals surface area contributed by atoms with Crippen LogP contribution < -0.4 is 5.32 Å². The molecule has 0 amide bonds. The van der Waals surface area contributed by atoms with Gasteiger partial charge in [-0.1, -0.05) is 0 Å². The van der Waals surface area contributed by atoms with Crippen LogP contribution in [-0.2, 0) is 14.2 Å². The van der Waals surface area contributed by atoms with Gasteiger partial charge in [0, 0.05) is 19.7 Å². The van der Waals surface area contributed by atoms with Crippen molar-refractivity contribution >= 4 is 0 Å². The molecule has 0 aromatic carbocycles. The summed E-state index contributed by atoms with van der Waals surface area (Å²) in [6, 6.07) is 0.574. The highest BCUT2D eigenvalue weighted by Gasteiger charge is 2.23. The molecule has 0 saturated carbocycles. The molecule has 1 N–H and O–H groups in total. The van der Waals surface area contributed by atoms with E-state index >= 15 is 0 Å². The number of nitrogens with one attached hydrogen (secondary N) is 1. The lowest BCUT2D eigenvalue weighted by Crippen LogP contribution is -2.42. The van der Waals surface area contributed by atoms with Gasteiger partial charge in [0.2, 0.25) is 0 Å².